The monoisotopic (exact) mass is 301 g/mol. The Morgan fingerprint density at radius 3 is 2.71 bits per heavy atom. The molecule has 0 amide bonds. The maximum atomic E-state index is 6.32. The van der Waals surface area contributed by atoms with E-state index in [1.807, 2.05) is 36.9 Å². The van der Waals surface area contributed by atoms with Crippen LogP contribution in [0.15, 0.2) is 48.5 Å². The molecule has 2 aromatic carbocycles. The molecule has 2 N–H and O–H groups in total. The highest BCUT2D eigenvalue weighted by atomic mass is 32.2. The molecule has 0 aliphatic heterocycles. The van der Waals surface area contributed by atoms with E-state index in [1.165, 1.54) is 11.1 Å². The molecule has 0 fully saturated rings. The summed E-state index contributed by atoms with van der Waals surface area (Å²) in [6, 6.07) is 16.7. The van der Waals surface area contributed by atoms with Gasteiger partial charge in [-0.25, -0.2) is 0 Å². The molecule has 0 saturated carbocycles. The van der Waals surface area contributed by atoms with Crippen molar-refractivity contribution in [1.82, 2.24) is 0 Å². The third-order valence-corrected chi connectivity index (χ3v) is 4.40. The van der Waals surface area contributed by atoms with Crippen LogP contribution in [-0.2, 0) is 5.75 Å². The van der Waals surface area contributed by atoms with Gasteiger partial charge in [-0.2, -0.15) is 11.8 Å². The second kappa shape index (κ2) is 8.11. The van der Waals surface area contributed by atoms with Crippen LogP contribution >= 0.6 is 11.8 Å². The highest BCUT2D eigenvalue weighted by Gasteiger charge is 2.11. The third-order valence-electron chi connectivity index (χ3n) is 3.27. The van der Waals surface area contributed by atoms with Gasteiger partial charge in [0.05, 0.1) is 6.61 Å². The van der Waals surface area contributed by atoms with Crippen LogP contribution in [0.25, 0.3) is 0 Å². The van der Waals surface area contributed by atoms with E-state index >= 15 is 0 Å². The van der Waals surface area contributed by atoms with Gasteiger partial charge in [-0.15, -0.1) is 0 Å². The summed E-state index contributed by atoms with van der Waals surface area (Å²) in [5.41, 5.74) is 10.1. The van der Waals surface area contributed by atoms with Gasteiger partial charge in [0.2, 0.25) is 0 Å². The quantitative estimate of drug-likeness (QED) is 0.827. The fourth-order valence-corrected chi connectivity index (χ4v) is 3.24. The zero-order valence-electron chi connectivity index (χ0n) is 12.7. The Bertz CT molecular complexity index is 571. The van der Waals surface area contributed by atoms with Gasteiger partial charge in [-0.05, 0) is 25.5 Å². The van der Waals surface area contributed by atoms with E-state index in [4.69, 9.17) is 10.5 Å². The van der Waals surface area contributed by atoms with Crippen LogP contribution < -0.4 is 10.5 Å². The summed E-state index contributed by atoms with van der Waals surface area (Å²) in [6.07, 6.45) is 0. The lowest BCUT2D eigenvalue weighted by molar-refractivity contribution is 0.335. The summed E-state index contributed by atoms with van der Waals surface area (Å²) in [5.74, 6) is 2.79. The van der Waals surface area contributed by atoms with Crippen molar-refractivity contribution in [2.24, 2.45) is 5.73 Å². The molecule has 0 aromatic heterocycles. The van der Waals surface area contributed by atoms with E-state index in [0.29, 0.717) is 6.61 Å². The molecule has 2 aromatic rings. The number of nitrogens with two attached hydrogens (primary N) is 1. The summed E-state index contributed by atoms with van der Waals surface area (Å²) >= 11 is 1.86. The highest BCUT2D eigenvalue weighted by molar-refractivity contribution is 7.98. The summed E-state index contributed by atoms with van der Waals surface area (Å²) in [5, 5.41) is 0. The lowest BCUT2D eigenvalue weighted by Gasteiger charge is -2.16. The zero-order chi connectivity index (χ0) is 15.1. The first kappa shape index (κ1) is 15.9. The summed E-state index contributed by atoms with van der Waals surface area (Å²) in [4.78, 5) is 0. The van der Waals surface area contributed by atoms with Gasteiger partial charge >= 0.3 is 0 Å². The van der Waals surface area contributed by atoms with Crippen molar-refractivity contribution in [3.63, 3.8) is 0 Å². The highest BCUT2D eigenvalue weighted by Crippen LogP contribution is 2.27. The number of benzene rings is 2. The van der Waals surface area contributed by atoms with Gasteiger partial charge in [0.25, 0.3) is 0 Å². The summed E-state index contributed by atoms with van der Waals surface area (Å²) < 4.78 is 5.65. The van der Waals surface area contributed by atoms with Crippen molar-refractivity contribution in [1.29, 1.82) is 0 Å². The molecule has 1 atom stereocenters. The Morgan fingerprint density at radius 2 is 1.95 bits per heavy atom. The van der Waals surface area contributed by atoms with Crippen molar-refractivity contribution in [2.75, 3.05) is 12.4 Å². The van der Waals surface area contributed by atoms with Gasteiger partial charge < -0.3 is 10.5 Å². The number of thioether (sulfide) groups is 1. The molecule has 2 nitrogen and oxygen atoms in total. The van der Waals surface area contributed by atoms with Crippen molar-refractivity contribution in [3.05, 3.63) is 65.2 Å². The molecule has 0 heterocycles. The first-order valence-electron chi connectivity index (χ1n) is 7.31. The van der Waals surface area contributed by atoms with Gasteiger partial charge in [0, 0.05) is 23.1 Å². The lowest BCUT2D eigenvalue weighted by Crippen LogP contribution is -2.14. The molecule has 1 unspecified atom stereocenters. The Kier molecular flexibility index (Phi) is 6.15. The first-order chi connectivity index (χ1) is 10.2. The van der Waals surface area contributed by atoms with Crippen LogP contribution in [0.5, 0.6) is 5.75 Å². The molecule has 112 valence electrons. The van der Waals surface area contributed by atoms with Gasteiger partial charge in [-0.1, -0.05) is 48.0 Å². The number of hydrogen-bond acceptors (Lipinski definition) is 3. The fraction of sp³-hybridized carbons (Fsp3) is 0.333. The standard InChI is InChI=1S/C18H23NOS/c1-3-20-18-10-5-4-9-16(18)17(19)13-21-12-15-8-6-7-14(2)11-15/h4-11,17H,3,12-13,19H2,1-2H3. The Labute approximate surface area is 131 Å². The Hall–Kier alpha value is -1.45. The SMILES string of the molecule is CCOc1ccccc1C(N)CSCc1cccc(C)c1. The molecule has 0 spiro atoms. The minimum atomic E-state index is 0.00237. The number of aryl methyl sites for hydroxylation is 1. The predicted molar refractivity (Wildman–Crippen MR) is 91.9 cm³/mol. The maximum Gasteiger partial charge on any atom is 0.124 e. The minimum Gasteiger partial charge on any atom is -0.494 e. The lowest BCUT2D eigenvalue weighted by atomic mass is 10.1. The smallest absolute Gasteiger partial charge is 0.124 e. The normalized spacial score (nSPS) is 12.1. The van der Waals surface area contributed by atoms with Crippen LogP contribution in [0.1, 0.15) is 29.7 Å². The number of hydrogen-bond donors (Lipinski definition) is 1. The number of ether oxygens (including phenoxy) is 1. The number of rotatable bonds is 7. The molecule has 0 radical (unpaired) electrons. The summed E-state index contributed by atoms with van der Waals surface area (Å²) in [6.45, 7) is 4.78. The predicted octanol–water partition coefficient (Wildman–Crippen LogP) is 4.33. The van der Waals surface area contributed by atoms with Crippen LogP contribution in [0.3, 0.4) is 0 Å². The van der Waals surface area contributed by atoms with E-state index in [-0.39, 0.29) is 6.04 Å². The van der Waals surface area contributed by atoms with Crippen molar-refractivity contribution >= 4 is 11.8 Å². The molecule has 0 aliphatic rings. The molecular formula is C18H23NOS. The maximum absolute atomic E-state index is 6.32. The van der Waals surface area contributed by atoms with Crippen LogP contribution in [0, 0.1) is 6.92 Å². The second-order valence-electron chi connectivity index (χ2n) is 5.08. The largest absolute Gasteiger partial charge is 0.494 e. The minimum absolute atomic E-state index is 0.00237. The van der Waals surface area contributed by atoms with Crippen molar-refractivity contribution < 1.29 is 4.74 Å². The van der Waals surface area contributed by atoms with E-state index < -0.39 is 0 Å². The second-order valence-corrected chi connectivity index (χ2v) is 6.11. The molecule has 2 rings (SSSR count). The van der Waals surface area contributed by atoms with E-state index in [2.05, 4.69) is 37.3 Å². The first-order valence-corrected chi connectivity index (χ1v) is 8.46. The van der Waals surface area contributed by atoms with Crippen molar-refractivity contribution in [2.45, 2.75) is 25.6 Å². The van der Waals surface area contributed by atoms with E-state index in [0.717, 1.165) is 22.8 Å². The van der Waals surface area contributed by atoms with E-state index in [9.17, 15) is 0 Å². The third kappa shape index (κ3) is 4.80. The zero-order valence-corrected chi connectivity index (χ0v) is 13.5. The average Bonchev–Trinajstić information content (AvgIpc) is 2.48. The number of para-hydroxylation sites is 1. The molecule has 0 aliphatic carbocycles. The van der Waals surface area contributed by atoms with Crippen LogP contribution in [-0.4, -0.2) is 12.4 Å². The average molecular weight is 301 g/mol. The summed E-state index contributed by atoms with van der Waals surface area (Å²) in [7, 11) is 0. The van der Waals surface area contributed by atoms with Crippen LogP contribution in [0.2, 0.25) is 0 Å². The molecule has 0 bridgehead atoms. The van der Waals surface area contributed by atoms with Crippen LogP contribution in [0.4, 0.5) is 0 Å². The van der Waals surface area contributed by atoms with Gasteiger partial charge in [-0.3, -0.25) is 0 Å². The molecule has 21 heavy (non-hydrogen) atoms. The molecular weight excluding hydrogens is 278 g/mol. The van der Waals surface area contributed by atoms with Crippen molar-refractivity contribution in [3.8, 4) is 5.75 Å². The van der Waals surface area contributed by atoms with Gasteiger partial charge in [0.15, 0.2) is 0 Å². The fourth-order valence-electron chi connectivity index (χ4n) is 2.27. The molecule has 0 saturated heterocycles. The Morgan fingerprint density at radius 1 is 1.14 bits per heavy atom. The van der Waals surface area contributed by atoms with Gasteiger partial charge in [0.1, 0.15) is 5.75 Å². The molecule has 3 heteroatoms. The van der Waals surface area contributed by atoms with E-state index in [1.54, 1.807) is 0 Å². The Balaban J connectivity index is 1.91. The topological polar surface area (TPSA) is 35.2 Å².